The van der Waals surface area contributed by atoms with Crippen LogP contribution >= 0.6 is 23.2 Å². The van der Waals surface area contributed by atoms with Gasteiger partial charge in [0.2, 0.25) is 5.75 Å². The summed E-state index contributed by atoms with van der Waals surface area (Å²) in [5, 5.41) is 13.6. The highest BCUT2D eigenvalue weighted by atomic mass is 35.5. The Labute approximate surface area is 221 Å². The van der Waals surface area contributed by atoms with Gasteiger partial charge in [0, 0.05) is 11.6 Å². The van der Waals surface area contributed by atoms with Crippen molar-refractivity contribution < 1.29 is 37.2 Å². The standard InChI is InChI=1S/C24H12Cl2F3N3O6/c25-16-7-6-14(11-17(16)26)31-22(34)15(21(33)30-23(31)35)9-12-3-1-2-4-19(12)38-20-8-5-13(24(27,28)29)10-18(20)32(36)37/h1-11H,(H,30,33,35)/b15-9+. The minimum absolute atomic E-state index is 0.0187. The van der Waals surface area contributed by atoms with E-state index in [1.807, 2.05) is 5.32 Å². The summed E-state index contributed by atoms with van der Waals surface area (Å²) in [5.74, 6) is -2.69. The van der Waals surface area contributed by atoms with Crippen LogP contribution in [-0.4, -0.2) is 22.8 Å². The number of para-hydroxylation sites is 1. The molecule has 0 aromatic heterocycles. The van der Waals surface area contributed by atoms with Crippen LogP contribution in [0.15, 0.2) is 66.2 Å². The summed E-state index contributed by atoms with van der Waals surface area (Å²) in [5.41, 5.74) is -2.63. The molecule has 1 heterocycles. The molecule has 1 saturated heterocycles. The number of alkyl halides is 3. The molecule has 9 nitrogen and oxygen atoms in total. The average molecular weight is 566 g/mol. The van der Waals surface area contributed by atoms with Crippen LogP contribution in [0.2, 0.25) is 10.0 Å². The van der Waals surface area contributed by atoms with Crippen LogP contribution in [0.1, 0.15) is 11.1 Å². The topological polar surface area (TPSA) is 119 Å². The first-order chi connectivity index (χ1) is 17.9. The summed E-state index contributed by atoms with van der Waals surface area (Å²) >= 11 is 11.9. The van der Waals surface area contributed by atoms with Gasteiger partial charge in [-0.3, -0.25) is 25.0 Å². The van der Waals surface area contributed by atoms with Crippen LogP contribution in [-0.2, 0) is 15.8 Å². The first kappa shape index (κ1) is 26.6. The van der Waals surface area contributed by atoms with Crippen molar-refractivity contribution in [3.63, 3.8) is 0 Å². The number of imide groups is 2. The number of hydrogen-bond acceptors (Lipinski definition) is 6. The van der Waals surface area contributed by atoms with Crippen LogP contribution in [0.25, 0.3) is 6.08 Å². The molecule has 0 atom stereocenters. The third-order valence-corrected chi connectivity index (χ3v) is 5.92. The lowest BCUT2D eigenvalue weighted by Gasteiger charge is -2.26. The van der Waals surface area contributed by atoms with Gasteiger partial charge in [0.1, 0.15) is 11.3 Å². The maximum absolute atomic E-state index is 13.2. The van der Waals surface area contributed by atoms with Gasteiger partial charge in [0.25, 0.3) is 11.8 Å². The van der Waals surface area contributed by atoms with E-state index in [0.717, 1.165) is 12.1 Å². The van der Waals surface area contributed by atoms with E-state index < -0.39 is 51.5 Å². The molecule has 3 aromatic carbocycles. The monoisotopic (exact) mass is 565 g/mol. The molecule has 0 spiro atoms. The minimum Gasteiger partial charge on any atom is -0.449 e. The molecule has 194 valence electrons. The van der Waals surface area contributed by atoms with E-state index in [1.165, 1.54) is 42.5 Å². The molecule has 1 aliphatic heterocycles. The number of benzene rings is 3. The predicted octanol–water partition coefficient (Wildman–Crippen LogP) is 6.38. The van der Waals surface area contributed by atoms with Crippen molar-refractivity contribution in [1.29, 1.82) is 0 Å². The average Bonchev–Trinajstić information content (AvgIpc) is 2.84. The number of carbonyl (C=O) groups excluding carboxylic acids is 3. The number of nitrogens with one attached hydrogen (secondary N) is 1. The van der Waals surface area contributed by atoms with Crippen molar-refractivity contribution in [3.05, 3.63) is 97.5 Å². The smallest absolute Gasteiger partial charge is 0.416 e. The molecule has 1 fully saturated rings. The van der Waals surface area contributed by atoms with Gasteiger partial charge in [-0.05, 0) is 42.5 Å². The number of halogens is 5. The number of rotatable bonds is 5. The number of nitrogens with zero attached hydrogens (tertiary/aromatic N) is 2. The van der Waals surface area contributed by atoms with Gasteiger partial charge in [0.15, 0.2) is 0 Å². The summed E-state index contributed by atoms with van der Waals surface area (Å²) in [6.07, 6.45) is -3.75. The Morgan fingerprint density at radius 3 is 2.32 bits per heavy atom. The quantitative estimate of drug-likeness (QED) is 0.166. The predicted molar refractivity (Wildman–Crippen MR) is 130 cm³/mol. The Hall–Kier alpha value is -4.42. The Morgan fingerprint density at radius 1 is 0.947 bits per heavy atom. The van der Waals surface area contributed by atoms with Crippen molar-refractivity contribution in [3.8, 4) is 11.5 Å². The Morgan fingerprint density at radius 2 is 1.66 bits per heavy atom. The number of amides is 4. The molecule has 14 heteroatoms. The summed E-state index contributed by atoms with van der Waals surface area (Å²) in [6.45, 7) is 0. The molecule has 3 aromatic rings. The molecule has 1 aliphatic rings. The molecule has 1 N–H and O–H groups in total. The molecular weight excluding hydrogens is 554 g/mol. The largest absolute Gasteiger partial charge is 0.449 e. The Bertz CT molecular complexity index is 1540. The van der Waals surface area contributed by atoms with Crippen molar-refractivity contribution >= 4 is 58.5 Å². The normalized spacial score (nSPS) is 15.0. The van der Waals surface area contributed by atoms with Gasteiger partial charge in [-0.2, -0.15) is 13.2 Å². The molecule has 0 aliphatic carbocycles. The van der Waals surface area contributed by atoms with E-state index in [0.29, 0.717) is 17.0 Å². The highest BCUT2D eigenvalue weighted by Gasteiger charge is 2.37. The molecule has 0 radical (unpaired) electrons. The van der Waals surface area contributed by atoms with Crippen molar-refractivity contribution in [1.82, 2.24) is 5.32 Å². The summed E-state index contributed by atoms with van der Waals surface area (Å²) in [6, 6.07) is 10.3. The van der Waals surface area contributed by atoms with Gasteiger partial charge in [-0.1, -0.05) is 41.4 Å². The SMILES string of the molecule is O=C1NC(=O)N(c2ccc(Cl)c(Cl)c2)C(=O)/C1=C/c1ccccc1Oc1ccc(C(F)(F)F)cc1[N+](=O)[O-]. The zero-order valence-corrected chi connectivity index (χ0v) is 20.1. The Kier molecular flexibility index (Phi) is 7.11. The number of nitro benzene ring substituents is 1. The Balaban J connectivity index is 1.73. The maximum atomic E-state index is 13.2. The summed E-state index contributed by atoms with van der Waals surface area (Å²) in [4.78, 5) is 49.1. The van der Waals surface area contributed by atoms with E-state index in [2.05, 4.69) is 0 Å². The van der Waals surface area contributed by atoms with Gasteiger partial charge >= 0.3 is 17.9 Å². The molecular formula is C24H12Cl2F3N3O6. The third-order valence-electron chi connectivity index (χ3n) is 5.18. The van der Waals surface area contributed by atoms with E-state index in [4.69, 9.17) is 27.9 Å². The van der Waals surface area contributed by atoms with Crippen molar-refractivity contribution in [2.45, 2.75) is 6.18 Å². The molecule has 0 saturated carbocycles. The second-order valence-corrected chi connectivity index (χ2v) is 8.45. The molecule has 0 bridgehead atoms. The van der Waals surface area contributed by atoms with Gasteiger partial charge in [-0.25, -0.2) is 9.69 Å². The maximum Gasteiger partial charge on any atom is 0.416 e. The van der Waals surface area contributed by atoms with Gasteiger partial charge < -0.3 is 4.74 Å². The van der Waals surface area contributed by atoms with Crippen LogP contribution in [0.5, 0.6) is 11.5 Å². The summed E-state index contributed by atoms with van der Waals surface area (Å²) < 4.78 is 44.6. The van der Waals surface area contributed by atoms with E-state index >= 15 is 0 Å². The molecule has 4 rings (SSSR count). The lowest BCUT2D eigenvalue weighted by Crippen LogP contribution is -2.54. The van der Waals surface area contributed by atoms with Gasteiger partial charge in [0.05, 0.1) is 26.2 Å². The lowest BCUT2D eigenvalue weighted by molar-refractivity contribution is -0.385. The van der Waals surface area contributed by atoms with Crippen molar-refractivity contribution in [2.75, 3.05) is 4.90 Å². The van der Waals surface area contributed by atoms with Crippen LogP contribution < -0.4 is 15.0 Å². The highest BCUT2D eigenvalue weighted by Crippen LogP contribution is 2.39. The third kappa shape index (κ3) is 5.31. The zero-order chi connectivity index (χ0) is 27.8. The first-order valence-corrected chi connectivity index (χ1v) is 11.1. The van der Waals surface area contributed by atoms with Crippen LogP contribution in [0, 0.1) is 10.1 Å². The lowest BCUT2D eigenvalue weighted by atomic mass is 10.1. The minimum atomic E-state index is -4.82. The molecule has 38 heavy (non-hydrogen) atoms. The first-order valence-electron chi connectivity index (χ1n) is 10.4. The highest BCUT2D eigenvalue weighted by molar-refractivity contribution is 6.43. The number of nitro groups is 1. The van der Waals surface area contributed by atoms with Gasteiger partial charge in [-0.15, -0.1) is 0 Å². The fraction of sp³-hybridized carbons (Fsp3) is 0.0417. The number of hydrogen-bond donors (Lipinski definition) is 1. The second kappa shape index (κ2) is 10.1. The van der Waals surface area contributed by atoms with Crippen LogP contribution in [0.3, 0.4) is 0 Å². The zero-order valence-electron chi connectivity index (χ0n) is 18.6. The number of urea groups is 1. The van der Waals surface area contributed by atoms with E-state index in [1.54, 1.807) is 0 Å². The number of carbonyl (C=O) groups is 3. The van der Waals surface area contributed by atoms with E-state index in [9.17, 15) is 37.7 Å². The molecule has 4 amide bonds. The fourth-order valence-corrected chi connectivity index (χ4v) is 3.70. The summed E-state index contributed by atoms with van der Waals surface area (Å²) in [7, 11) is 0. The van der Waals surface area contributed by atoms with E-state index in [-0.39, 0.29) is 27.0 Å². The fourth-order valence-electron chi connectivity index (χ4n) is 3.41. The number of ether oxygens (including phenoxy) is 1. The van der Waals surface area contributed by atoms with Crippen molar-refractivity contribution in [2.24, 2.45) is 0 Å². The number of anilines is 1. The van der Waals surface area contributed by atoms with Crippen LogP contribution in [0.4, 0.5) is 29.3 Å². The molecule has 0 unspecified atom stereocenters. The number of barbiturate groups is 1. The second-order valence-electron chi connectivity index (χ2n) is 7.63.